The molecular formula is C18H22N4O4. The Balaban J connectivity index is 1.44. The van der Waals surface area contributed by atoms with Gasteiger partial charge < -0.3 is 24.8 Å². The van der Waals surface area contributed by atoms with Gasteiger partial charge in [-0.3, -0.25) is 4.79 Å². The molecule has 0 spiro atoms. The maximum absolute atomic E-state index is 12.4. The van der Waals surface area contributed by atoms with E-state index < -0.39 is 0 Å². The molecule has 0 aliphatic carbocycles. The molecule has 26 heavy (non-hydrogen) atoms. The Hall–Kier alpha value is -3.03. The number of nitrogens with one attached hydrogen (secondary N) is 2. The van der Waals surface area contributed by atoms with Crippen LogP contribution < -0.4 is 15.4 Å². The summed E-state index contributed by atoms with van der Waals surface area (Å²) in [6.45, 7) is 1.84. The zero-order valence-electron chi connectivity index (χ0n) is 14.6. The molecule has 1 fully saturated rings. The Morgan fingerprint density at radius 1 is 1.27 bits per heavy atom. The first-order valence-electron chi connectivity index (χ1n) is 8.55. The van der Waals surface area contributed by atoms with Gasteiger partial charge in [0.15, 0.2) is 0 Å². The van der Waals surface area contributed by atoms with Crippen LogP contribution in [-0.2, 0) is 0 Å². The van der Waals surface area contributed by atoms with Crippen molar-refractivity contribution in [2.24, 2.45) is 5.92 Å². The highest BCUT2D eigenvalue weighted by Gasteiger charge is 2.24. The van der Waals surface area contributed by atoms with Gasteiger partial charge in [-0.25, -0.2) is 4.79 Å². The van der Waals surface area contributed by atoms with Crippen molar-refractivity contribution in [3.05, 3.63) is 42.3 Å². The van der Waals surface area contributed by atoms with Crippen molar-refractivity contribution in [1.82, 2.24) is 15.4 Å². The number of ether oxygens (including phenoxy) is 1. The summed E-state index contributed by atoms with van der Waals surface area (Å²) in [7, 11) is 1.57. The normalized spacial score (nSPS) is 14.7. The van der Waals surface area contributed by atoms with Gasteiger partial charge in [0.05, 0.1) is 19.0 Å². The third-order valence-corrected chi connectivity index (χ3v) is 4.46. The van der Waals surface area contributed by atoms with E-state index in [1.54, 1.807) is 18.1 Å². The summed E-state index contributed by atoms with van der Waals surface area (Å²) >= 11 is 0. The number of methoxy groups -OCH3 is 1. The summed E-state index contributed by atoms with van der Waals surface area (Å²) in [5.74, 6) is 0.903. The van der Waals surface area contributed by atoms with Crippen LogP contribution in [0.1, 0.15) is 23.4 Å². The number of hydrogen-bond donors (Lipinski definition) is 2. The maximum Gasteiger partial charge on any atom is 0.321 e. The van der Waals surface area contributed by atoms with Crippen LogP contribution in [0.3, 0.4) is 0 Å². The van der Waals surface area contributed by atoms with Crippen molar-refractivity contribution in [2.45, 2.75) is 12.8 Å². The van der Waals surface area contributed by atoms with Crippen molar-refractivity contribution in [3.8, 4) is 5.75 Å². The summed E-state index contributed by atoms with van der Waals surface area (Å²) in [5, 5.41) is 9.25. The number of nitrogens with zero attached hydrogens (tertiary/aromatic N) is 2. The number of carbonyl (C=O) groups is 2. The first-order chi connectivity index (χ1) is 12.7. The predicted molar refractivity (Wildman–Crippen MR) is 95.1 cm³/mol. The molecule has 1 aromatic carbocycles. The second kappa shape index (κ2) is 8.37. The summed E-state index contributed by atoms with van der Waals surface area (Å²) in [5.41, 5.74) is 0.654. The molecule has 2 N–H and O–H groups in total. The van der Waals surface area contributed by atoms with E-state index >= 15 is 0 Å². The molecule has 0 unspecified atom stereocenters. The van der Waals surface area contributed by atoms with Crippen LogP contribution in [0.5, 0.6) is 5.75 Å². The zero-order chi connectivity index (χ0) is 18.4. The lowest BCUT2D eigenvalue weighted by atomic mass is 9.97. The van der Waals surface area contributed by atoms with Crippen molar-refractivity contribution in [1.29, 1.82) is 0 Å². The molecule has 0 saturated carbocycles. The van der Waals surface area contributed by atoms with Crippen LogP contribution in [0.2, 0.25) is 0 Å². The Kier molecular flexibility index (Phi) is 5.73. The van der Waals surface area contributed by atoms with E-state index in [2.05, 4.69) is 15.8 Å². The first kappa shape index (κ1) is 17.8. The summed E-state index contributed by atoms with van der Waals surface area (Å²) in [4.78, 5) is 26.1. The Labute approximate surface area is 151 Å². The monoisotopic (exact) mass is 358 g/mol. The van der Waals surface area contributed by atoms with E-state index in [0.717, 1.165) is 12.8 Å². The number of para-hydroxylation sites is 2. The van der Waals surface area contributed by atoms with E-state index in [-0.39, 0.29) is 17.7 Å². The number of hydrogen-bond acceptors (Lipinski definition) is 5. The molecule has 1 aliphatic rings. The second-order valence-corrected chi connectivity index (χ2v) is 6.15. The minimum Gasteiger partial charge on any atom is -0.495 e. The first-order valence-corrected chi connectivity index (χ1v) is 8.55. The van der Waals surface area contributed by atoms with Gasteiger partial charge in [-0.05, 0) is 30.9 Å². The lowest BCUT2D eigenvalue weighted by molar-refractivity contribution is 0.0902. The van der Waals surface area contributed by atoms with Crippen LogP contribution in [0, 0.1) is 5.92 Å². The lowest BCUT2D eigenvalue weighted by Crippen LogP contribution is -2.43. The highest BCUT2D eigenvalue weighted by Crippen LogP contribution is 2.24. The van der Waals surface area contributed by atoms with Crippen LogP contribution in [0.15, 0.2) is 41.1 Å². The van der Waals surface area contributed by atoms with Crippen molar-refractivity contribution in [3.63, 3.8) is 0 Å². The van der Waals surface area contributed by atoms with Crippen LogP contribution >= 0.6 is 0 Å². The zero-order valence-corrected chi connectivity index (χ0v) is 14.6. The maximum atomic E-state index is 12.4. The molecule has 1 aromatic heterocycles. The smallest absolute Gasteiger partial charge is 0.321 e. The van der Waals surface area contributed by atoms with Gasteiger partial charge in [-0.1, -0.05) is 17.3 Å². The molecule has 3 rings (SSSR count). The van der Waals surface area contributed by atoms with Gasteiger partial charge in [0.2, 0.25) is 5.76 Å². The largest absolute Gasteiger partial charge is 0.495 e. The number of aromatic nitrogens is 1. The molecule has 2 heterocycles. The van der Waals surface area contributed by atoms with Gasteiger partial charge >= 0.3 is 6.03 Å². The SMILES string of the molecule is COc1ccccc1NC(=O)N1CCC(CNC(=O)c2ccno2)CC1. The molecule has 0 radical (unpaired) electrons. The summed E-state index contributed by atoms with van der Waals surface area (Å²) < 4.78 is 10.1. The molecular weight excluding hydrogens is 336 g/mol. The molecule has 2 aromatic rings. The topological polar surface area (TPSA) is 96.7 Å². The highest BCUT2D eigenvalue weighted by molar-refractivity contribution is 5.91. The molecule has 8 nitrogen and oxygen atoms in total. The number of amides is 3. The Bertz CT molecular complexity index is 739. The summed E-state index contributed by atoms with van der Waals surface area (Å²) in [6.07, 6.45) is 3.10. The van der Waals surface area contributed by atoms with E-state index in [9.17, 15) is 9.59 Å². The van der Waals surface area contributed by atoms with Gasteiger partial charge in [-0.15, -0.1) is 0 Å². The third-order valence-electron chi connectivity index (χ3n) is 4.46. The standard InChI is InChI=1S/C18H22N4O4/c1-25-15-5-3-2-4-14(15)21-18(24)22-10-7-13(8-11-22)12-19-17(23)16-6-9-20-26-16/h2-6,9,13H,7-8,10-12H2,1H3,(H,19,23)(H,21,24). The predicted octanol–water partition coefficient (Wildman–Crippen LogP) is 2.36. The van der Waals surface area contributed by atoms with Crippen molar-refractivity contribution >= 4 is 17.6 Å². The molecule has 0 bridgehead atoms. The fraction of sp³-hybridized carbons (Fsp3) is 0.389. The van der Waals surface area contributed by atoms with E-state index in [4.69, 9.17) is 9.26 Å². The molecule has 3 amide bonds. The quantitative estimate of drug-likeness (QED) is 0.855. The molecule has 1 saturated heterocycles. The van der Waals surface area contributed by atoms with E-state index in [1.165, 1.54) is 12.3 Å². The fourth-order valence-corrected chi connectivity index (χ4v) is 2.94. The van der Waals surface area contributed by atoms with E-state index in [1.807, 2.05) is 18.2 Å². The number of piperidine rings is 1. The minimum absolute atomic E-state index is 0.140. The average molecular weight is 358 g/mol. The van der Waals surface area contributed by atoms with Gasteiger partial charge in [0.1, 0.15) is 5.75 Å². The number of carbonyl (C=O) groups excluding carboxylic acids is 2. The van der Waals surface area contributed by atoms with E-state index in [0.29, 0.717) is 37.0 Å². The van der Waals surface area contributed by atoms with Crippen molar-refractivity contribution in [2.75, 3.05) is 32.1 Å². The number of anilines is 1. The van der Waals surface area contributed by atoms with Gasteiger partial charge in [0, 0.05) is 25.7 Å². The van der Waals surface area contributed by atoms with Gasteiger partial charge in [0.25, 0.3) is 5.91 Å². The fourth-order valence-electron chi connectivity index (χ4n) is 2.94. The van der Waals surface area contributed by atoms with Gasteiger partial charge in [-0.2, -0.15) is 0 Å². The minimum atomic E-state index is -0.265. The Morgan fingerprint density at radius 3 is 2.73 bits per heavy atom. The second-order valence-electron chi connectivity index (χ2n) is 6.15. The Morgan fingerprint density at radius 2 is 2.04 bits per heavy atom. The number of urea groups is 1. The van der Waals surface area contributed by atoms with Crippen LogP contribution in [-0.4, -0.2) is 48.7 Å². The number of benzene rings is 1. The molecule has 138 valence electrons. The number of rotatable bonds is 5. The third kappa shape index (κ3) is 4.33. The summed E-state index contributed by atoms with van der Waals surface area (Å²) in [6, 6.07) is 8.70. The van der Waals surface area contributed by atoms with Crippen molar-refractivity contribution < 1.29 is 18.8 Å². The number of likely N-dealkylation sites (tertiary alicyclic amines) is 1. The van der Waals surface area contributed by atoms with Crippen LogP contribution in [0.25, 0.3) is 0 Å². The molecule has 8 heteroatoms. The highest BCUT2D eigenvalue weighted by atomic mass is 16.5. The van der Waals surface area contributed by atoms with Crippen LogP contribution in [0.4, 0.5) is 10.5 Å². The molecule has 1 aliphatic heterocycles. The average Bonchev–Trinajstić information content (AvgIpc) is 3.22. The lowest BCUT2D eigenvalue weighted by Gasteiger charge is -2.32. The molecule has 0 atom stereocenters.